The summed E-state index contributed by atoms with van der Waals surface area (Å²) in [7, 11) is 0. The van der Waals surface area contributed by atoms with Crippen LogP contribution in [0.15, 0.2) is 41.0 Å². The van der Waals surface area contributed by atoms with Crippen LogP contribution in [0, 0.1) is 11.3 Å². The maximum atomic E-state index is 8.61. The Kier molecular flexibility index (Phi) is 3.26. The third kappa shape index (κ3) is 2.74. The summed E-state index contributed by atoms with van der Waals surface area (Å²) in [5.74, 6) is 1.10. The number of nitrogens with zero attached hydrogens (tertiary/aromatic N) is 2. The molecule has 1 aromatic heterocycles. The Balaban J connectivity index is 2.23. The van der Waals surface area contributed by atoms with Crippen molar-refractivity contribution >= 4 is 21.6 Å². The average molecular weight is 290 g/mol. The second-order valence-electron chi connectivity index (χ2n) is 3.28. The monoisotopic (exact) mass is 289 g/mol. The fourth-order valence-electron chi connectivity index (χ4n) is 1.25. The van der Waals surface area contributed by atoms with Gasteiger partial charge in [-0.2, -0.15) is 5.26 Å². The molecule has 0 aliphatic rings. The minimum absolute atomic E-state index is 0.348. The smallest absolute Gasteiger partial charge is 0.150 e. The van der Waals surface area contributed by atoms with Crippen molar-refractivity contribution in [2.75, 3.05) is 5.73 Å². The van der Waals surface area contributed by atoms with Crippen molar-refractivity contribution in [3.8, 4) is 17.6 Å². The number of ether oxygens (including phenoxy) is 1. The molecule has 0 spiro atoms. The van der Waals surface area contributed by atoms with Crippen molar-refractivity contribution in [2.24, 2.45) is 0 Å². The minimum atomic E-state index is 0.348. The zero-order valence-electron chi connectivity index (χ0n) is 8.72. The Hall–Kier alpha value is -2.06. The van der Waals surface area contributed by atoms with Gasteiger partial charge in [0.15, 0.2) is 0 Å². The number of pyridine rings is 1. The van der Waals surface area contributed by atoms with Gasteiger partial charge < -0.3 is 10.5 Å². The van der Waals surface area contributed by atoms with Crippen LogP contribution < -0.4 is 10.5 Å². The highest BCUT2D eigenvalue weighted by molar-refractivity contribution is 9.10. The number of rotatable bonds is 2. The van der Waals surface area contributed by atoms with Crippen molar-refractivity contribution < 1.29 is 4.74 Å². The van der Waals surface area contributed by atoms with Crippen molar-refractivity contribution in [3.05, 3.63) is 46.7 Å². The summed E-state index contributed by atoms with van der Waals surface area (Å²) in [5.41, 5.74) is 6.68. The van der Waals surface area contributed by atoms with E-state index < -0.39 is 0 Å². The largest absolute Gasteiger partial charge is 0.454 e. The Bertz CT molecular complexity index is 575. The van der Waals surface area contributed by atoms with E-state index in [0.717, 1.165) is 4.47 Å². The molecule has 1 heterocycles. The second kappa shape index (κ2) is 4.85. The molecule has 0 radical (unpaired) electrons. The first kappa shape index (κ1) is 11.4. The number of benzene rings is 1. The van der Waals surface area contributed by atoms with Gasteiger partial charge in [0.25, 0.3) is 0 Å². The third-order valence-electron chi connectivity index (χ3n) is 2.05. The Morgan fingerprint density at radius 3 is 2.71 bits per heavy atom. The van der Waals surface area contributed by atoms with Crippen LogP contribution in [-0.2, 0) is 0 Å². The van der Waals surface area contributed by atoms with Gasteiger partial charge >= 0.3 is 0 Å². The minimum Gasteiger partial charge on any atom is -0.454 e. The number of nitrogens with two attached hydrogens (primary N) is 1. The summed E-state index contributed by atoms with van der Waals surface area (Å²) in [4.78, 5) is 3.90. The van der Waals surface area contributed by atoms with Crippen LogP contribution in [0.3, 0.4) is 0 Å². The van der Waals surface area contributed by atoms with Crippen LogP contribution in [0.25, 0.3) is 0 Å². The number of halogens is 1. The molecule has 0 fully saturated rings. The summed E-state index contributed by atoms with van der Waals surface area (Å²) in [6.07, 6.45) is 1.49. The number of anilines is 1. The van der Waals surface area contributed by atoms with Crippen molar-refractivity contribution in [1.29, 1.82) is 5.26 Å². The first-order chi connectivity index (χ1) is 8.19. The molecule has 0 aliphatic carbocycles. The van der Waals surface area contributed by atoms with Gasteiger partial charge in [0, 0.05) is 4.47 Å². The van der Waals surface area contributed by atoms with E-state index in [0.29, 0.717) is 22.9 Å². The Morgan fingerprint density at radius 1 is 1.29 bits per heavy atom. The van der Waals surface area contributed by atoms with Gasteiger partial charge in [0.1, 0.15) is 23.3 Å². The first-order valence-electron chi connectivity index (χ1n) is 4.78. The summed E-state index contributed by atoms with van der Waals surface area (Å²) < 4.78 is 6.44. The third-order valence-corrected chi connectivity index (χ3v) is 2.54. The highest BCUT2D eigenvalue weighted by atomic mass is 79.9. The van der Waals surface area contributed by atoms with Gasteiger partial charge in [-0.3, -0.25) is 0 Å². The molecular formula is C12H8BrN3O. The Labute approximate surface area is 107 Å². The van der Waals surface area contributed by atoms with Crippen LogP contribution in [0.2, 0.25) is 0 Å². The normalized spacial score (nSPS) is 9.65. The molecule has 2 N–H and O–H groups in total. The maximum Gasteiger partial charge on any atom is 0.150 e. The molecule has 0 unspecified atom stereocenters. The van der Waals surface area contributed by atoms with Gasteiger partial charge in [0.05, 0.1) is 11.9 Å². The highest BCUT2D eigenvalue weighted by Crippen LogP contribution is 2.29. The lowest BCUT2D eigenvalue weighted by molar-refractivity contribution is 0.482. The van der Waals surface area contributed by atoms with Crippen molar-refractivity contribution in [1.82, 2.24) is 4.98 Å². The van der Waals surface area contributed by atoms with E-state index in [4.69, 9.17) is 15.7 Å². The lowest BCUT2D eigenvalue weighted by atomic mass is 10.3. The van der Waals surface area contributed by atoms with Gasteiger partial charge in [-0.15, -0.1) is 0 Å². The predicted molar refractivity (Wildman–Crippen MR) is 67.6 cm³/mol. The second-order valence-corrected chi connectivity index (χ2v) is 4.19. The molecule has 0 aliphatic heterocycles. The first-order valence-corrected chi connectivity index (χ1v) is 5.57. The van der Waals surface area contributed by atoms with Crippen LogP contribution in [0.1, 0.15) is 5.69 Å². The SMILES string of the molecule is N#Cc1ccc(Oc2ccc(Br)cc2N)cn1. The lowest BCUT2D eigenvalue weighted by Crippen LogP contribution is -1.92. The van der Waals surface area contributed by atoms with E-state index in [1.54, 1.807) is 24.3 Å². The maximum absolute atomic E-state index is 8.61. The zero-order valence-corrected chi connectivity index (χ0v) is 10.3. The van der Waals surface area contributed by atoms with Crippen LogP contribution in [0.4, 0.5) is 5.69 Å². The van der Waals surface area contributed by atoms with E-state index >= 15 is 0 Å². The average Bonchev–Trinajstić information content (AvgIpc) is 2.34. The van der Waals surface area contributed by atoms with E-state index in [2.05, 4.69) is 20.9 Å². The van der Waals surface area contributed by atoms with Gasteiger partial charge in [-0.1, -0.05) is 15.9 Å². The fraction of sp³-hybridized carbons (Fsp3) is 0. The quantitative estimate of drug-likeness (QED) is 0.863. The van der Waals surface area contributed by atoms with E-state index in [1.807, 2.05) is 12.1 Å². The van der Waals surface area contributed by atoms with Gasteiger partial charge in [-0.05, 0) is 30.3 Å². The summed E-state index contributed by atoms with van der Waals surface area (Å²) in [5, 5.41) is 8.61. The van der Waals surface area contributed by atoms with E-state index in [9.17, 15) is 0 Å². The summed E-state index contributed by atoms with van der Waals surface area (Å²) in [6, 6.07) is 10.6. The zero-order chi connectivity index (χ0) is 12.3. The molecule has 1 aromatic carbocycles. The molecule has 2 aromatic rings. The number of nitrogen functional groups attached to an aromatic ring is 1. The van der Waals surface area contributed by atoms with Crippen molar-refractivity contribution in [3.63, 3.8) is 0 Å². The molecule has 0 saturated heterocycles. The molecule has 0 saturated carbocycles. The molecule has 4 nitrogen and oxygen atoms in total. The summed E-state index contributed by atoms with van der Waals surface area (Å²) in [6.45, 7) is 0. The summed E-state index contributed by atoms with van der Waals surface area (Å²) >= 11 is 3.32. The van der Waals surface area contributed by atoms with Crippen LogP contribution >= 0.6 is 15.9 Å². The van der Waals surface area contributed by atoms with E-state index in [-0.39, 0.29) is 0 Å². The number of hydrogen-bond donors (Lipinski definition) is 1. The number of nitriles is 1. The molecule has 2 rings (SSSR count). The topological polar surface area (TPSA) is 71.9 Å². The van der Waals surface area contributed by atoms with Gasteiger partial charge in [0.2, 0.25) is 0 Å². The number of hydrogen-bond acceptors (Lipinski definition) is 4. The Morgan fingerprint density at radius 2 is 2.12 bits per heavy atom. The highest BCUT2D eigenvalue weighted by Gasteiger charge is 2.03. The van der Waals surface area contributed by atoms with E-state index in [1.165, 1.54) is 6.20 Å². The molecule has 17 heavy (non-hydrogen) atoms. The number of aromatic nitrogens is 1. The molecule has 0 amide bonds. The van der Waals surface area contributed by atoms with Gasteiger partial charge in [-0.25, -0.2) is 4.98 Å². The molecule has 0 bridgehead atoms. The van der Waals surface area contributed by atoms with Crippen LogP contribution in [-0.4, -0.2) is 4.98 Å². The van der Waals surface area contributed by atoms with Crippen molar-refractivity contribution in [2.45, 2.75) is 0 Å². The molecule has 5 heteroatoms. The molecule has 84 valence electrons. The molecular weight excluding hydrogens is 282 g/mol. The standard InChI is InChI=1S/C12H8BrN3O/c13-8-1-4-12(11(15)5-8)17-10-3-2-9(6-14)16-7-10/h1-5,7H,15H2. The lowest BCUT2D eigenvalue weighted by Gasteiger charge is -2.08. The fourth-order valence-corrected chi connectivity index (χ4v) is 1.62. The predicted octanol–water partition coefficient (Wildman–Crippen LogP) is 3.09. The molecule has 0 atom stereocenters. The van der Waals surface area contributed by atoms with Crippen LogP contribution in [0.5, 0.6) is 11.5 Å².